The second-order valence-electron chi connectivity index (χ2n) is 7.89. The van der Waals surface area contributed by atoms with Gasteiger partial charge in [-0.15, -0.1) is 0 Å². The first-order valence-corrected chi connectivity index (χ1v) is 11.1. The number of aromatic nitrogens is 4. The molecule has 0 amide bonds. The van der Waals surface area contributed by atoms with E-state index in [-0.39, 0.29) is 6.10 Å². The van der Waals surface area contributed by atoms with Crippen LogP contribution in [-0.4, -0.2) is 52.5 Å². The molecular weight excluding hydrogens is 420 g/mol. The number of hydrogen-bond acceptors (Lipinski definition) is 7. The second kappa shape index (κ2) is 9.97. The molecule has 0 bridgehead atoms. The van der Waals surface area contributed by atoms with Gasteiger partial charge in [0.1, 0.15) is 23.6 Å². The van der Waals surface area contributed by atoms with Gasteiger partial charge in [-0.3, -0.25) is 4.68 Å². The second-order valence-corrected chi connectivity index (χ2v) is 7.89. The highest BCUT2D eigenvalue weighted by molar-refractivity contribution is 5.89. The van der Waals surface area contributed by atoms with Gasteiger partial charge < -0.3 is 18.9 Å². The average molecular weight is 447 g/mol. The molecule has 0 aliphatic carbocycles. The Kier molecular flexibility index (Phi) is 6.46. The highest BCUT2D eigenvalue weighted by Gasteiger charge is 2.14. The van der Waals surface area contributed by atoms with Crippen LogP contribution in [0.1, 0.15) is 12.8 Å². The number of hydrogen-bond donors (Lipinski definition) is 0. The summed E-state index contributed by atoms with van der Waals surface area (Å²) >= 11 is 0. The van der Waals surface area contributed by atoms with E-state index in [1.807, 2.05) is 61.8 Å². The number of benzene rings is 2. The Morgan fingerprint density at radius 3 is 2.64 bits per heavy atom. The maximum atomic E-state index is 6.25. The Morgan fingerprint density at radius 2 is 1.85 bits per heavy atom. The summed E-state index contributed by atoms with van der Waals surface area (Å²) < 4.78 is 25.1. The Labute approximate surface area is 192 Å². The van der Waals surface area contributed by atoms with Crippen LogP contribution in [0.2, 0.25) is 0 Å². The zero-order valence-electron chi connectivity index (χ0n) is 18.5. The molecule has 33 heavy (non-hydrogen) atoms. The standard InChI is InChI=1S/C25H26N4O4/c1-29-25-19(17-27-29)15-18(23-3-2-10-26-28-23)16-24(25)33-22-6-4-20(5-7-22)31-13-14-32-21-8-11-30-12-9-21/h2-7,10,15-17,21H,8-9,11-14H2,1H3. The van der Waals surface area contributed by atoms with Crippen molar-refractivity contribution in [1.82, 2.24) is 20.0 Å². The Balaban J connectivity index is 1.26. The van der Waals surface area contributed by atoms with E-state index in [9.17, 15) is 0 Å². The summed E-state index contributed by atoms with van der Waals surface area (Å²) in [6.45, 7) is 2.63. The maximum Gasteiger partial charge on any atom is 0.153 e. The van der Waals surface area contributed by atoms with Gasteiger partial charge in [0, 0.05) is 37.4 Å². The normalized spacial score (nSPS) is 14.5. The van der Waals surface area contributed by atoms with Crippen molar-refractivity contribution in [2.24, 2.45) is 7.05 Å². The van der Waals surface area contributed by atoms with Crippen LogP contribution in [0.25, 0.3) is 22.2 Å². The molecule has 0 unspecified atom stereocenters. The highest BCUT2D eigenvalue weighted by atomic mass is 16.5. The molecule has 0 spiro atoms. The van der Waals surface area contributed by atoms with E-state index >= 15 is 0 Å². The van der Waals surface area contributed by atoms with Crippen molar-refractivity contribution in [3.05, 3.63) is 60.9 Å². The summed E-state index contributed by atoms with van der Waals surface area (Å²) in [5.74, 6) is 2.18. The largest absolute Gasteiger partial charge is 0.491 e. The van der Waals surface area contributed by atoms with Gasteiger partial charge in [-0.1, -0.05) is 0 Å². The first kappa shape index (κ1) is 21.4. The number of ether oxygens (including phenoxy) is 4. The van der Waals surface area contributed by atoms with Crippen LogP contribution < -0.4 is 9.47 Å². The van der Waals surface area contributed by atoms with E-state index in [2.05, 4.69) is 15.3 Å². The zero-order valence-corrected chi connectivity index (χ0v) is 18.5. The van der Waals surface area contributed by atoms with E-state index in [0.29, 0.717) is 24.7 Å². The molecule has 1 aliphatic rings. The molecule has 5 rings (SSSR count). The van der Waals surface area contributed by atoms with Crippen molar-refractivity contribution in [3.8, 4) is 28.5 Å². The average Bonchev–Trinajstić information content (AvgIpc) is 3.25. The molecule has 1 saturated heterocycles. The number of aryl methyl sites for hydroxylation is 1. The van der Waals surface area contributed by atoms with E-state index in [4.69, 9.17) is 18.9 Å². The van der Waals surface area contributed by atoms with Crippen LogP contribution >= 0.6 is 0 Å². The van der Waals surface area contributed by atoms with Crippen molar-refractivity contribution in [1.29, 1.82) is 0 Å². The molecule has 3 heterocycles. The van der Waals surface area contributed by atoms with Gasteiger partial charge in [-0.25, -0.2) is 0 Å². The number of rotatable bonds is 8. The van der Waals surface area contributed by atoms with Crippen molar-refractivity contribution in [2.75, 3.05) is 26.4 Å². The molecule has 0 saturated carbocycles. The predicted molar refractivity (Wildman–Crippen MR) is 124 cm³/mol. The van der Waals surface area contributed by atoms with Crippen LogP contribution in [0.4, 0.5) is 0 Å². The third-order valence-corrected chi connectivity index (χ3v) is 5.59. The first-order valence-electron chi connectivity index (χ1n) is 11.1. The minimum absolute atomic E-state index is 0.277. The van der Waals surface area contributed by atoms with E-state index in [0.717, 1.165) is 54.0 Å². The molecule has 2 aromatic carbocycles. The van der Waals surface area contributed by atoms with Crippen LogP contribution in [0, 0.1) is 0 Å². The lowest BCUT2D eigenvalue weighted by Gasteiger charge is -2.22. The summed E-state index contributed by atoms with van der Waals surface area (Å²) in [4.78, 5) is 0. The van der Waals surface area contributed by atoms with Gasteiger partial charge in [0.05, 0.1) is 24.6 Å². The van der Waals surface area contributed by atoms with E-state index in [1.54, 1.807) is 10.9 Å². The van der Waals surface area contributed by atoms with E-state index < -0.39 is 0 Å². The quantitative estimate of drug-likeness (QED) is 0.371. The summed E-state index contributed by atoms with van der Waals surface area (Å²) in [6, 6.07) is 15.4. The van der Waals surface area contributed by atoms with Crippen molar-refractivity contribution in [2.45, 2.75) is 18.9 Å². The highest BCUT2D eigenvalue weighted by Crippen LogP contribution is 2.34. The fourth-order valence-corrected chi connectivity index (χ4v) is 3.91. The molecule has 0 N–H and O–H groups in total. The van der Waals surface area contributed by atoms with Gasteiger partial charge in [-0.05, 0) is 61.4 Å². The Hall–Kier alpha value is -3.49. The lowest BCUT2D eigenvalue weighted by atomic mass is 10.1. The first-order chi connectivity index (χ1) is 16.3. The molecule has 170 valence electrons. The maximum absolute atomic E-state index is 6.25. The molecule has 1 aliphatic heterocycles. The third kappa shape index (κ3) is 5.13. The minimum Gasteiger partial charge on any atom is -0.491 e. The smallest absolute Gasteiger partial charge is 0.153 e. The summed E-state index contributed by atoms with van der Waals surface area (Å²) in [6.07, 6.45) is 5.66. The van der Waals surface area contributed by atoms with Crippen LogP contribution in [0.5, 0.6) is 17.2 Å². The molecular formula is C25H26N4O4. The lowest BCUT2D eigenvalue weighted by molar-refractivity contribution is -0.0388. The van der Waals surface area contributed by atoms with Crippen LogP contribution in [-0.2, 0) is 16.5 Å². The third-order valence-electron chi connectivity index (χ3n) is 5.59. The van der Waals surface area contributed by atoms with Crippen LogP contribution in [0.3, 0.4) is 0 Å². The molecule has 8 nitrogen and oxygen atoms in total. The number of fused-ring (bicyclic) bond motifs is 1. The Bertz CT molecular complexity index is 1190. The fraction of sp³-hybridized carbons (Fsp3) is 0.320. The molecule has 1 fully saturated rings. The zero-order chi connectivity index (χ0) is 22.5. The SMILES string of the molecule is Cn1ncc2cc(-c3cccnn3)cc(Oc3ccc(OCCOC4CCOCC4)cc3)c21. The predicted octanol–water partition coefficient (Wildman–Crippen LogP) is 4.40. The fourth-order valence-electron chi connectivity index (χ4n) is 3.91. The van der Waals surface area contributed by atoms with Gasteiger partial charge in [0.2, 0.25) is 0 Å². The van der Waals surface area contributed by atoms with E-state index in [1.165, 1.54) is 0 Å². The summed E-state index contributed by atoms with van der Waals surface area (Å²) in [7, 11) is 1.90. The van der Waals surface area contributed by atoms with Crippen LogP contribution in [0.15, 0.2) is 60.9 Å². The lowest BCUT2D eigenvalue weighted by Crippen LogP contribution is -2.25. The summed E-state index contributed by atoms with van der Waals surface area (Å²) in [5, 5.41) is 13.6. The topological polar surface area (TPSA) is 80.5 Å². The molecule has 4 aromatic rings. The van der Waals surface area contributed by atoms with Gasteiger partial charge in [-0.2, -0.15) is 15.3 Å². The monoisotopic (exact) mass is 446 g/mol. The summed E-state index contributed by atoms with van der Waals surface area (Å²) in [5.41, 5.74) is 2.61. The Morgan fingerprint density at radius 1 is 1.03 bits per heavy atom. The number of nitrogens with zero attached hydrogens (tertiary/aromatic N) is 4. The minimum atomic E-state index is 0.277. The van der Waals surface area contributed by atoms with Crippen molar-refractivity contribution < 1.29 is 18.9 Å². The molecule has 0 atom stereocenters. The molecule has 2 aromatic heterocycles. The molecule has 0 radical (unpaired) electrons. The van der Waals surface area contributed by atoms with Gasteiger partial charge >= 0.3 is 0 Å². The molecule has 8 heteroatoms. The van der Waals surface area contributed by atoms with Crippen molar-refractivity contribution in [3.63, 3.8) is 0 Å². The van der Waals surface area contributed by atoms with Gasteiger partial charge in [0.15, 0.2) is 5.75 Å². The van der Waals surface area contributed by atoms with Gasteiger partial charge in [0.25, 0.3) is 0 Å². The van der Waals surface area contributed by atoms with Crippen molar-refractivity contribution >= 4 is 10.9 Å².